The van der Waals surface area contributed by atoms with Crippen LogP contribution in [-0.4, -0.2) is 28.0 Å². The molecular formula is C6H9F3N4O. The Morgan fingerprint density at radius 2 is 2.21 bits per heavy atom. The zero-order valence-corrected chi connectivity index (χ0v) is 7.35. The lowest BCUT2D eigenvalue weighted by molar-refractivity contribution is -0.141. The Morgan fingerprint density at radius 3 is 2.71 bits per heavy atom. The van der Waals surface area contributed by atoms with Gasteiger partial charge in [0, 0.05) is 0 Å². The number of hydrogen-bond acceptors (Lipinski definition) is 3. The highest BCUT2D eigenvalue weighted by Gasteiger charge is 2.30. The summed E-state index contributed by atoms with van der Waals surface area (Å²) in [6, 6.07) is 0. The molecular weight excluding hydrogens is 201 g/mol. The highest BCUT2D eigenvalue weighted by molar-refractivity contribution is 4.86. The van der Waals surface area contributed by atoms with E-state index in [2.05, 4.69) is 10.4 Å². The Labute approximate surface area is 76.9 Å². The first-order chi connectivity index (χ1) is 6.44. The fourth-order valence-corrected chi connectivity index (χ4v) is 0.986. The summed E-state index contributed by atoms with van der Waals surface area (Å²) in [5, 5.41) is 8.03. The molecule has 0 aliphatic carbocycles. The molecule has 0 saturated heterocycles. The molecule has 0 amide bonds. The zero-order valence-electron chi connectivity index (χ0n) is 7.35. The van der Waals surface area contributed by atoms with Gasteiger partial charge in [0.25, 0.3) is 0 Å². The van der Waals surface area contributed by atoms with Crippen LogP contribution in [0.2, 0.25) is 0 Å². The first-order valence-electron chi connectivity index (χ1n) is 3.79. The lowest BCUT2D eigenvalue weighted by Gasteiger charge is -2.08. The van der Waals surface area contributed by atoms with Gasteiger partial charge in [-0.1, -0.05) is 0 Å². The third-order valence-corrected chi connectivity index (χ3v) is 1.51. The van der Waals surface area contributed by atoms with E-state index in [0.717, 1.165) is 0 Å². The van der Waals surface area contributed by atoms with E-state index in [1.165, 1.54) is 0 Å². The van der Waals surface area contributed by atoms with E-state index in [9.17, 15) is 18.0 Å². The molecule has 1 aromatic heterocycles. The minimum absolute atomic E-state index is 0.0369. The zero-order chi connectivity index (χ0) is 10.8. The normalized spacial score (nSPS) is 12.0. The van der Waals surface area contributed by atoms with Gasteiger partial charge in [0.15, 0.2) is 0 Å². The van der Waals surface area contributed by atoms with Gasteiger partial charge in [-0.2, -0.15) is 18.3 Å². The van der Waals surface area contributed by atoms with E-state index in [1.807, 2.05) is 5.10 Å². The van der Waals surface area contributed by atoms with Crippen LogP contribution in [0, 0.1) is 0 Å². The molecule has 8 heteroatoms. The van der Waals surface area contributed by atoms with Crippen LogP contribution in [0.25, 0.3) is 0 Å². The second kappa shape index (κ2) is 3.82. The monoisotopic (exact) mass is 210 g/mol. The van der Waals surface area contributed by atoms with E-state index in [-0.39, 0.29) is 12.4 Å². The quantitative estimate of drug-likeness (QED) is 0.729. The van der Waals surface area contributed by atoms with Gasteiger partial charge in [0.05, 0.1) is 6.54 Å². The molecule has 0 aliphatic rings. The number of rotatable bonds is 3. The van der Waals surface area contributed by atoms with Crippen molar-refractivity contribution in [2.75, 3.05) is 7.05 Å². The Morgan fingerprint density at radius 1 is 1.57 bits per heavy atom. The largest absolute Gasteiger partial charge is 0.406 e. The van der Waals surface area contributed by atoms with Crippen LogP contribution in [0.15, 0.2) is 4.79 Å². The molecule has 0 bridgehead atoms. The summed E-state index contributed by atoms with van der Waals surface area (Å²) in [4.78, 5) is 10.9. The predicted octanol–water partition coefficient (Wildman–Crippen LogP) is -0.147. The summed E-state index contributed by atoms with van der Waals surface area (Å²) in [5.74, 6) is 0.0369. The predicted molar refractivity (Wildman–Crippen MR) is 41.7 cm³/mol. The molecule has 0 aliphatic heterocycles. The number of aromatic nitrogens is 3. The van der Waals surface area contributed by atoms with Gasteiger partial charge >= 0.3 is 11.9 Å². The maximum Gasteiger partial charge on any atom is 0.406 e. The molecule has 0 saturated carbocycles. The lowest BCUT2D eigenvalue weighted by Crippen LogP contribution is -2.28. The van der Waals surface area contributed by atoms with Crippen LogP contribution in [0.3, 0.4) is 0 Å². The fraction of sp³-hybridized carbons (Fsp3) is 0.667. The number of nitrogens with one attached hydrogen (secondary N) is 2. The molecule has 80 valence electrons. The van der Waals surface area contributed by atoms with Gasteiger partial charge in [-0.15, -0.1) is 0 Å². The van der Waals surface area contributed by atoms with Crippen LogP contribution in [0.4, 0.5) is 13.2 Å². The van der Waals surface area contributed by atoms with Gasteiger partial charge in [0.1, 0.15) is 12.4 Å². The molecule has 5 nitrogen and oxygen atoms in total. The number of halogens is 3. The SMILES string of the molecule is CNCc1n[nH]c(=O)n1CC(F)(F)F. The first-order valence-corrected chi connectivity index (χ1v) is 3.79. The van der Waals surface area contributed by atoms with Crippen LogP contribution in [0.1, 0.15) is 5.82 Å². The van der Waals surface area contributed by atoms with E-state index in [4.69, 9.17) is 0 Å². The van der Waals surface area contributed by atoms with Crippen LogP contribution in [-0.2, 0) is 13.1 Å². The van der Waals surface area contributed by atoms with E-state index >= 15 is 0 Å². The summed E-state index contributed by atoms with van der Waals surface area (Å²) < 4.78 is 36.5. The number of alkyl halides is 3. The van der Waals surface area contributed by atoms with Crippen molar-refractivity contribution >= 4 is 0 Å². The number of H-pyrrole nitrogens is 1. The minimum Gasteiger partial charge on any atom is -0.313 e. The van der Waals surface area contributed by atoms with Crippen molar-refractivity contribution in [2.24, 2.45) is 0 Å². The lowest BCUT2D eigenvalue weighted by atomic mass is 10.5. The molecule has 0 spiro atoms. The Hall–Kier alpha value is -1.31. The third kappa shape index (κ3) is 2.59. The summed E-state index contributed by atoms with van der Waals surface area (Å²) in [6.45, 7) is -1.21. The average Bonchev–Trinajstić information content (AvgIpc) is 2.34. The Balaban J connectivity index is 2.94. The Kier molecular flexibility index (Phi) is 2.94. The smallest absolute Gasteiger partial charge is 0.313 e. The maximum absolute atomic E-state index is 12.0. The highest BCUT2D eigenvalue weighted by atomic mass is 19.4. The molecule has 14 heavy (non-hydrogen) atoms. The molecule has 1 heterocycles. The van der Waals surface area contributed by atoms with Crippen molar-refractivity contribution in [3.05, 3.63) is 16.3 Å². The molecule has 0 fully saturated rings. The molecule has 2 N–H and O–H groups in total. The van der Waals surface area contributed by atoms with Crippen LogP contribution in [0.5, 0.6) is 0 Å². The van der Waals surface area contributed by atoms with E-state index < -0.39 is 18.4 Å². The number of hydrogen-bond donors (Lipinski definition) is 2. The van der Waals surface area contributed by atoms with Crippen molar-refractivity contribution in [3.8, 4) is 0 Å². The molecule has 1 rings (SSSR count). The summed E-state index contributed by atoms with van der Waals surface area (Å²) in [7, 11) is 1.55. The molecule has 0 unspecified atom stereocenters. The van der Waals surface area contributed by atoms with Crippen molar-refractivity contribution in [2.45, 2.75) is 19.3 Å². The highest BCUT2D eigenvalue weighted by Crippen LogP contribution is 2.16. The molecule has 0 atom stereocenters. The summed E-state index contributed by atoms with van der Waals surface area (Å²) in [5.41, 5.74) is -0.854. The van der Waals surface area contributed by atoms with Crippen molar-refractivity contribution in [1.82, 2.24) is 20.1 Å². The summed E-state index contributed by atoms with van der Waals surface area (Å²) in [6.07, 6.45) is -4.42. The molecule has 1 aromatic rings. The van der Waals surface area contributed by atoms with Gasteiger partial charge < -0.3 is 5.32 Å². The average molecular weight is 210 g/mol. The number of nitrogens with zero attached hydrogens (tertiary/aromatic N) is 2. The standard InChI is InChI=1S/C6H9F3N4O/c1-10-2-4-11-12-5(14)13(4)3-6(7,8)9/h10H,2-3H2,1H3,(H,12,14). The Bertz CT molecular complexity index is 353. The third-order valence-electron chi connectivity index (χ3n) is 1.51. The molecule has 0 radical (unpaired) electrons. The van der Waals surface area contributed by atoms with Gasteiger partial charge in [-0.3, -0.25) is 4.57 Å². The van der Waals surface area contributed by atoms with Crippen molar-refractivity contribution < 1.29 is 13.2 Å². The van der Waals surface area contributed by atoms with Crippen LogP contribution < -0.4 is 11.0 Å². The van der Waals surface area contributed by atoms with Crippen molar-refractivity contribution in [1.29, 1.82) is 0 Å². The van der Waals surface area contributed by atoms with E-state index in [0.29, 0.717) is 4.57 Å². The van der Waals surface area contributed by atoms with Gasteiger partial charge in [-0.25, -0.2) is 9.89 Å². The summed E-state index contributed by atoms with van der Waals surface area (Å²) >= 11 is 0. The minimum atomic E-state index is -4.42. The van der Waals surface area contributed by atoms with E-state index in [1.54, 1.807) is 7.05 Å². The van der Waals surface area contributed by atoms with Crippen molar-refractivity contribution in [3.63, 3.8) is 0 Å². The second-order valence-electron chi connectivity index (χ2n) is 2.68. The first kappa shape index (κ1) is 10.8. The maximum atomic E-state index is 12.0. The van der Waals surface area contributed by atoms with Gasteiger partial charge in [-0.05, 0) is 7.05 Å². The molecule has 0 aromatic carbocycles. The fourth-order valence-electron chi connectivity index (χ4n) is 0.986. The number of aromatic amines is 1. The topological polar surface area (TPSA) is 62.7 Å². The van der Waals surface area contributed by atoms with Gasteiger partial charge in [0.2, 0.25) is 0 Å². The second-order valence-corrected chi connectivity index (χ2v) is 2.68. The van der Waals surface area contributed by atoms with Crippen LogP contribution >= 0.6 is 0 Å².